The van der Waals surface area contributed by atoms with Crippen molar-refractivity contribution in [1.29, 1.82) is 0 Å². The molecule has 166 valence electrons. The number of hydrogen-bond donors (Lipinski definition) is 3. The fourth-order valence-electron chi connectivity index (χ4n) is 3.97. The molecular formula is C20H22ClN3O6S. The molecule has 3 unspecified atom stereocenters. The summed E-state index contributed by atoms with van der Waals surface area (Å²) >= 11 is 6.03. The molecule has 4 rings (SSSR count). The van der Waals surface area contributed by atoms with E-state index >= 15 is 0 Å². The van der Waals surface area contributed by atoms with Crippen molar-refractivity contribution in [3.05, 3.63) is 40.8 Å². The average molecular weight is 468 g/mol. The maximum Gasteiger partial charge on any atom is 0.247 e. The number of carbonyl (C=O) groups excluding carboxylic acids is 2. The van der Waals surface area contributed by atoms with Crippen LogP contribution in [-0.4, -0.2) is 55.6 Å². The number of aromatic hydroxyl groups is 1. The molecule has 1 fully saturated rings. The third kappa shape index (κ3) is 3.63. The van der Waals surface area contributed by atoms with E-state index in [0.29, 0.717) is 0 Å². The minimum absolute atomic E-state index is 0.00452. The Morgan fingerprint density at radius 1 is 1.16 bits per heavy atom. The molecule has 1 aromatic carbocycles. The largest absolute Gasteiger partial charge is 0.504 e. The number of hydrogen-bond acceptors (Lipinski definition) is 8. The molecule has 2 aliphatic rings. The number of sulfonamides is 1. The van der Waals surface area contributed by atoms with Crippen LogP contribution in [0.25, 0.3) is 0 Å². The molecule has 1 aromatic heterocycles. The number of Topliss-reactive ketones (excluding diaryl/α,β-unsaturated/α-hetero) is 2. The molecular weight excluding hydrogens is 446 g/mol. The van der Waals surface area contributed by atoms with Gasteiger partial charge >= 0.3 is 0 Å². The van der Waals surface area contributed by atoms with Crippen LogP contribution < -0.4 is 10.6 Å². The van der Waals surface area contributed by atoms with E-state index in [2.05, 4.69) is 10.6 Å². The van der Waals surface area contributed by atoms with Gasteiger partial charge in [-0.1, -0.05) is 11.6 Å². The fourth-order valence-corrected chi connectivity index (χ4v) is 5.45. The number of furan rings is 1. The number of nitrogens with zero attached hydrogens (tertiary/aromatic N) is 1. The average Bonchev–Trinajstić information content (AvgIpc) is 3.21. The van der Waals surface area contributed by atoms with E-state index in [0.717, 1.165) is 34.9 Å². The zero-order chi connectivity index (χ0) is 22.5. The predicted molar refractivity (Wildman–Crippen MR) is 113 cm³/mol. The van der Waals surface area contributed by atoms with Crippen LogP contribution >= 0.6 is 11.6 Å². The number of aryl methyl sites for hydroxylation is 1. The molecule has 9 nitrogen and oxygen atoms in total. The van der Waals surface area contributed by atoms with Gasteiger partial charge in [-0.05, 0) is 31.0 Å². The quantitative estimate of drug-likeness (QED) is 0.433. The highest BCUT2D eigenvalue weighted by atomic mass is 35.5. The van der Waals surface area contributed by atoms with Gasteiger partial charge in [0.2, 0.25) is 21.6 Å². The second-order valence-electron chi connectivity index (χ2n) is 7.80. The lowest BCUT2D eigenvalue weighted by molar-refractivity contribution is -0.145. The van der Waals surface area contributed by atoms with Gasteiger partial charge in [-0.2, -0.15) is 0 Å². The number of nitrogens with one attached hydrogen (secondary N) is 2. The highest BCUT2D eigenvalue weighted by molar-refractivity contribution is 7.89. The number of carbonyl (C=O) groups is 2. The van der Waals surface area contributed by atoms with Gasteiger partial charge in [-0.15, -0.1) is 0 Å². The third-order valence-corrected chi connectivity index (χ3v) is 8.02. The molecule has 1 heterocycles. The van der Waals surface area contributed by atoms with Crippen molar-refractivity contribution in [3.63, 3.8) is 0 Å². The lowest BCUT2D eigenvalue weighted by Gasteiger charge is -2.38. The second-order valence-corrected chi connectivity index (χ2v) is 10.3. The molecule has 0 amide bonds. The van der Waals surface area contributed by atoms with E-state index in [1.165, 1.54) is 26.2 Å². The number of rotatable bonds is 6. The lowest BCUT2D eigenvalue weighted by atomic mass is 9.81. The monoisotopic (exact) mass is 467 g/mol. The number of halogens is 1. The Morgan fingerprint density at radius 2 is 1.87 bits per heavy atom. The first-order valence-electron chi connectivity index (χ1n) is 9.74. The summed E-state index contributed by atoms with van der Waals surface area (Å²) in [4.78, 5) is 24.1. The number of ketones is 2. The van der Waals surface area contributed by atoms with Gasteiger partial charge in [-0.3, -0.25) is 14.9 Å². The van der Waals surface area contributed by atoms with E-state index in [9.17, 15) is 23.1 Å². The van der Waals surface area contributed by atoms with Crippen molar-refractivity contribution in [2.75, 3.05) is 19.4 Å². The van der Waals surface area contributed by atoms with Gasteiger partial charge in [-0.25, -0.2) is 12.7 Å². The Hall–Kier alpha value is -2.40. The van der Waals surface area contributed by atoms with Crippen molar-refractivity contribution < 1.29 is 27.5 Å². The van der Waals surface area contributed by atoms with Crippen LogP contribution in [0, 0.1) is 0 Å². The second kappa shape index (κ2) is 7.94. The molecule has 2 aliphatic carbocycles. The smallest absolute Gasteiger partial charge is 0.247 e. The molecule has 31 heavy (non-hydrogen) atoms. The highest BCUT2D eigenvalue weighted by Gasteiger charge is 2.50. The Bertz CT molecular complexity index is 1160. The SMILES string of the molecule is CN(C)S(=O)(=O)c1c(Cl)ccc(NC2C(=O)C(=O)C2NC2CCCc3occc32)c1O. The molecule has 0 spiro atoms. The van der Waals surface area contributed by atoms with Crippen molar-refractivity contribution >= 4 is 38.9 Å². The highest BCUT2D eigenvalue weighted by Crippen LogP contribution is 2.39. The van der Waals surface area contributed by atoms with Crippen LogP contribution in [0.1, 0.15) is 30.2 Å². The topological polar surface area (TPSA) is 129 Å². The normalized spacial score (nSPS) is 23.5. The first kappa shape index (κ1) is 21.8. The minimum atomic E-state index is -4.04. The zero-order valence-electron chi connectivity index (χ0n) is 16.9. The number of phenols is 1. The summed E-state index contributed by atoms with van der Waals surface area (Å²) in [7, 11) is -1.41. The first-order valence-corrected chi connectivity index (χ1v) is 11.6. The molecule has 3 atom stereocenters. The van der Waals surface area contributed by atoms with Gasteiger partial charge in [0.15, 0.2) is 5.75 Å². The summed E-state index contributed by atoms with van der Waals surface area (Å²) in [5.41, 5.74) is 0.959. The summed E-state index contributed by atoms with van der Waals surface area (Å²) in [5.74, 6) is -0.961. The van der Waals surface area contributed by atoms with Crippen LogP contribution in [-0.2, 0) is 26.0 Å². The Balaban J connectivity index is 1.59. The zero-order valence-corrected chi connectivity index (χ0v) is 18.5. The van der Waals surface area contributed by atoms with E-state index in [1.807, 2.05) is 6.07 Å². The fraction of sp³-hybridized carbons (Fsp3) is 0.400. The summed E-state index contributed by atoms with van der Waals surface area (Å²) in [6, 6.07) is 2.62. The summed E-state index contributed by atoms with van der Waals surface area (Å²) in [6.07, 6.45) is 4.09. The molecule has 0 saturated heterocycles. The Labute approximate surface area is 184 Å². The molecule has 0 bridgehead atoms. The summed E-state index contributed by atoms with van der Waals surface area (Å²) in [5, 5.41) is 16.5. The predicted octanol–water partition coefficient (Wildman–Crippen LogP) is 1.86. The molecule has 3 N–H and O–H groups in total. The number of phenolic OH excluding ortho intramolecular Hbond substituents is 1. The van der Waals surface area contributed by atoms with Crippen molar-refractivity contribution in [2.24, 2.45) is 0 Å². The van der Waals surface area contributed by atoms with Gasteiger partial charge in [0, 0.05) is 32.1 Å². The number of anilines is 1. The van der Waals surface area contributed by atoms with Gasteiger partial charge in [0.05, 0.1) is 17.0 Å². The van der Waals surface area contributed by atoms with Gasteiger partial charge < -0.3 is 14.8 Å². The minimum Gasteiger partial charge on any atom is -0.504 e. The van der Waals surface area contributed by atoms with E-state index in [4.69, 9.17) is 16.0 Å². The number of fused-ring (bicyclic) bond motifs is 1. The molecule has 1 saturated carbocycles. The molecule has 11 heteroatoms. The molecule has 2 aromatic rings. The van der Waals surface area contributed by atoms with Gasteiger partial charge in [0.1, 0.15) is 22.7 Å². The number of benzene rings is 1. The van der Waals surface area contributed by atoms with Crippen molar-refractivity contribution in [3.8, 4) is 5.75 Å². The van der Waals surface area contributed by atoms with Crippen LogP contribution in [0.4, 0.5) is 5.69 Å². The van der Waals surface area contributed by atoms with Crippen LogP contribution in [0.15, 0.2) is 33.8 Å². The van der Waals surface area contributed by atoms with E-state index < -0.39 is 44.3 Å². The first-order chi connectivity index (χ1) is 14.6. The van der Waals surface area contributed by atoms with Crippen LogP contribution in [0.5, 0.6) is 5.75 Å². The third-order valence-electron chi connectivity index (χ3n) is 5.71. The maximum absolute atomic E-state index is 12.5. The lowest BCUT2D eigenvalue weighted by Crippen LogP contribution is -2.67. The molecule has 0 aliphatic heterocycles. The Morgan fingerprint density at radius 3 is 2.58 bits per heavy atom. The van der Waals surface area contributed by atoms with Gasteiger partial charge in [0.25, 0.3) is 0 Å². The van der Waals surface area contributed by atoms with Crippen LogP contribution in [0.3, 0.4) is 0 Å². The van der Waals surface area contributed by atoms with Crippen molar-refractivity contribution in [2.45, 2.75) is 42.3 Å². The Kier molecular flexibility index (Phi) is 5.59. The standard InChI is InChI=1S/C20H22ClN3O6S/c1-24(2)31(28,29)20-11(21)6-7-13(17(20)25)23-16-15(18(26)19(16)27)22-12-4-3-5-14-10(12)8-9-30-14/h6-9,12,15-16,22-23,25H,3-5H2,1-2H3. The van der Waals surface area contributed by atoms with E-state index in [1.54, 1.807) is 6.26 Å². The van der Waals surface area contributed by atoms with Crippen LogP contribution in [0.2, 0.25) is 5.02 Å². The maximum atomic E-state index is 12.5. The van der Waals surface area contributed by atoms with E-state index in [-0.39, 0.29) is 16.8 Å². The summed E-state index contributed by atoms with van der Waals surface area (Å²) in [6.45, 7) is 0. The van der Waals surface area contributed by atoms with Crippen molar-refractivity contribution in [1.82, 2.24) is 9.62 Å². The molecule has 0 radical (unpaired) electrons. The summed E-state index contributed by atoms with van der Waals surface area (Å²) < 4.78 is 31.5.